The fourth-order valence-corrected chi connectivity index (χ4v) is 1.33. The van der Waals surface area contributed by atoms with Crippen molar-refractivity contribution in [3.05, 3.63) is 48.0 Å². The predicted molar refractivity (Wildman–Crippen MR) is 71.2 cm³/mol. The Morgan fingerprint density at radius 1 is 1.28 bits per heavy atom. The molecule has 0 aliphatic carbocycles. The molecule has 0 heterocycles. The zero-order chi connectivity index (χ0) is 13.5. The number of carbonyl (C=O) groups excluding carboxylic acids is 2. The van der Waals surface area contributed by atoms with Crippen molar-refractivity contribution in [2.75, 3.05) is 6.54 Å². The third kappa shape index (κ3) is 4.41. The van der Waals surface area contributed by atoms with Crippen LogP contribution >= 0.6 is 0 Å². The largest absolute Gasteiger partial charge is 0.351 e. The minimum absolute atomic E-state index is 0.220. The molecular weight excluding hydrogens is 228 g/mol. The van der Waals surface area contributed by atoms with Crippen LogP contribution in [0.1, 0.15) is 24.2 Å². The highest BCUT2D eigenvalue weighted by molar-refractivity contribution is 5.97. The van der Waals surface area contributed by atoms with E-state index >= 15 is 0 Å². The van der Waals surface area contributed by atoms with Crippen LogP contribution < -0.4 is 10.6 Å². The minimum atomic E-state index is -0.572. The summed E-state index contributed by atoms with van der Waals surface area (Å²) < 4.78 is 0. The first-order valence-corrected chi connectivity index (χ1v) is 5.78. The van der Waals surface area contributed by atoms with Crippen molar-refractivity contribution in [1.29, 1.82) is 0 Å². The third-order valence-electron chi connectivity index (χ3n) is 2.34. The molecular formula is C14H18N2O2. The predicted octanol–water partition coefficient (Wildman–Crippen LogP) is 1.50. The Kier molecular flexibility index (Phi) is 5.11. The van der Waals surface area contributed by atoms with Crippen LogP contribution in [0.15, 0.2) is 42.5 Å². The second-order valence-electron chi connectivity index (χ2n) is 4.24. The molecule has 18 heavy (non-hydrogen) atoms. The molecule has 1 atom stereocenters. The molecule has 1 aromatic carbocycles. The van der Waals surface area contributed by atoms with Gasteiger partial charge >= 0.3 is 0 Å². The number of nitrogens with one attached hydrogen (secondary N) is 2. The van der Waals surface area contributed by atoms with Crippen molar-refractivity contribution in [2.24, 2.45) is 0 Å². The topological polar surface area (TPSA) is 58.2 Å². The van der Waals surface area contributed by atoms with Gasteiger partial charge in [0, 0.05) is 12.1 Å². The maximum atomic E-state index is 11.8. The summed E-state index contributed by atoms with van der Waals surface area (Å²) >= 11 is 0. The van der Waals surface area contributed by atoms with Crippen molar-refractivity contribution >= 4 is 11.8 Å². The molecule has 1 rings (SSSR count). The van der Waals surface area contributed by atoms with Gasteiger partial charge in [-0.1, -0.05) is 30.4 Å². The Morgan fingerprint density at radius 3 is 2.44 bits per heavy atom. The van der Waals surface area contributed by atoms with Crippen LogP contribution in [0.4, 0.5) is 0 Å². The van der Waals surface area contributed by atoms with E-state index in [1.54, 1.807) is 31.2 Å². The van der Waals surface area contributed by atoms with Gasteiger partial charge < -0.3 is 10.6 Å². The van der Waals surface area contributed by atoms with Gasteiger partial charge in [0.1, 0.15) is 6.04 Å². The van der Waals surface area contributed by atoms with E-state index in [4.69, 9.17) is 0 Å². The molecule has 4 heteroatoms. The second kappa shape index (κ2) is 6.59. The summed E-state index contributed by atoms with van der Waals surface area (Å²) in [4.78, 5) is 23.4. The van der Waals surface area contributed by atoms with Crippen LogP contribution in [0.3, 0.4) is 0 Å². The highest BCUT2D eigenvalue weighted by atomic mass is 16.2. The molecule has 0 bridgehead atoms. The van der Waals surface area contributed by atoms with Gasteiger partial charge in [-0.2, -0.15) is 0 Å². The van der Waals surface area contributed by atoms with E-state index in [-0.39, 0.29) is 11.8 Å². The zero-order valence-corrected chi connectivity index (χ0v) is 10.7. The summed E-state index contributed by atoms with van der Waals surface area (Å²) in [5.41, 5.74) is 1.40. The Bertz CT molecular complexity index is 440. The number of hydrogen-bond donors (Lipinski definition) is 2. The Balaban J connectivity index is 2.49. The fraction of sp³-hybridized carbons (Fsp3) is 0.286. The molecule has 0 aliphatic rings. The fourth-order valence-electron chi connectivity index (χ4n) is 1.33. The number of hydrogen-bond acceptors (Lipinski definition) is 2. The molecule has 0 aliphatic heterocycles. The van der Waals surface area contributed by atoms with Gasteiger partial charge in [0.05, 0.1) is 0 Å². The lowest BCUT2D eigenvalue weighted by atomic mass is 10.2. The van der Waals surface area contributed by atoms with E-state index in [0.717, 1.165) is 5.57 Å². The molecule has 0 fully saturated rings. The molecule has 1 unspecified atom stereocenters. The van der Waals surface area contributed by atoms with E-state index in [1.165, 1.54) is 0 Å². The smallest absolute Gasteiger partial charge is 0.251 e. The first-order chi connectivity index (χ1) is 8.50. The van der Waals surface area contributed by atoms with E-state index < -0.39 is 6.04 Å². The molecule has 96 valence electrons. The Hall–Kier alpha value is -2.10. The minimum Gasteiger partial charge on any atom is -0.351 e. The maximum absolute atomic E-state index is 11.8. The molecule has 0 aromatic heterocycles. The lowest BCUT2D eigenvalue weighted by molar-refractivity contribution is -0.122. The van der Waals surface area contributed by atoms with Crippen LogP contribution in [0.5, 0.6) is 0 Å². The average Bonchev–Trinajstić information content (AvgIpc) is 2.36. The van der Waals surface area contributed by atoms with E-state index in [2.05, 4.69) is 17.2 Å². The first kappa shape index (κ1) is 14.0. The van der Waals surface area contributed by atoms with Gasteiger partial charge in [0.25, 0.3) is 5.91 Å². The molecule has 2 amide bonds. The molecule has 0 saturated carbocycles. The van der Waals surface area contributed by atoms with E-state index in [0.29, 0.717) is 12.1 Å². The summed E-state index contributed by atoms with van der Waals surface area (Å²) in [6, 6.07) is 8.22. The SMILES string of the molecule is C=C(C)CNC(=O)C(C)NC(=O)c1ccccc1. The van der Waals surface area contributed by atoms with Crippen molar-refractivity contribution < 1.29 is 9.59 Å². The van der Waals surface area contributed by atoms with Crippen LogP contribution in [0.2, 0.25) is 0 Å². The molecule has 0 spiro atoms. The number of benzene rings is 1. The van der Waals surface area contributed by atoms with Crippen molar-refractivity contribution in [2.45, 2.75) is 19.9 Å². The van der Waals surface area contributed by atoms with Crippen LogP contribution in [-0.4, -0.2) is 24.4 Å². The van der Waals surface area contributed by atoms with Crippen molar-refractivity contribution in [1.82, 2.24) is 10.6 Å². The average molecular weight is 246 g/mol. The third-order valence-corrected chi connectivity index (χ3v) is 2.34. The monoisotopic (exact) mass is 246 g/mol. The molecule has 0 radical (unpaired) electrons. The maximum Gasteiger partial charge on any atom is 0.251 e. The molecule has 2 N–H and O–H groups in total. The van der Waals surface area contributed by atoms with Gasteiger partial charge in [-0.3, -0.25) is 9.59 Å². The lowest BCUT2D eigenvalue weighted by Crippen LogP contribution is -2.45. The summed E-state index contributed by atoms with van der Waals surface area (Å²) in [5.74, 6) is -0.476. The summed E-state index contributed by atoms with van der Waals surface area (Å²) in [7, 11) is 0. The first-order valence-electron chi connectivity index (χ1n) is 5.78. The van der Waals surface area contributed by atoms with Gasteiger partial charge in [-0.25, -0.2) is 0 Å². The normalized spacial score (nSPS) is 11.4. The zero-order valence-electron chi connectivity index (χ0n) is 10.7. The Labute approximate surface area is 107 Å². The molecule has 0 saturated heterocycles. The summed E-state index contributed by atoms with van der Waals surface area (Å²) in [5, 5.41) is 5.32. The van der Waals surface area contributed by atoms with Gasteiger partial charge in [0.15, 0.2) is 0 Å². The van der Waals surface area contributed by atoms with Crippen molar-refractivity contribution in [3.63, 3.8) is 0 Å². The summed E-state index contributed by atoms with van der Waals surface area (Å²) in [6.45, 7) is 7.59. The quantitative estimate of drug-likeness (QED) is 0.773. The number of amides is 2. The van der Waals surface area contributed by atoms with E-state index in [9.17, 15) is 9.59 Å². The van der Waals surface area contributed by atoms with Crippen LogP contribution in [0.25, 0.3) is 0 Å². The highest BCUT2D eigenvalue weighted by Gasteiger charge is 2.15. The summed E-state index contributed by atoms with van der Waals surface area (Å²) in [6.07, 6.45) is 0. The number of carbonyl (C=O) groups is 2. The molecule has 1 aromatic rings. The Morgan fingerprint density at radius 2 is 1.89 bits per heavy atom. The van der Waals surface area contributed by atoms with Gasteiger partial charge in [-0.05, 0) is 26.0 Å². The highest BCUT2D eigenvalue weighted by Crippen LogP contribution is 1.98. The van der Waals surface area contributed by atoms with Crippen molar-refractivity contribution in [3.8, 4) is 0 Å². The molecule has 4 nitrogen and oxygen atoms in total. The van der Waals surface area contributed by atoms with Gasteiger partial charge in [0.2, 0.25) is 5.91 Å². The lowest BCUT2D eigenvalue weighted by Gasteiger charge is -2.14. The van der Waals surface area contributed by atoms with E-state index in [1.807, 2.05) is 13.0 Å². The standard InChI is InChI=1S/C14H18N2O2/c1-10(2)9-15-13(17)11(3)16-14(18)12-7-5-4-6-8-12/h4-8,11H,1,9H2,2-3H3,(H,15,17)(H,16,18). The van der Waals surface area contributed by atoms with Crippen LogP contribution in [-0.2, 0) is 4.79 Å². The van der Waals surface area contributed by atoms with Crippen LogP contribution in [0, 0.1) is 0 Å². The van der Waals surface area contributed by atoms with Gasteiger partial charge in [-0.15, -0.1) is 0 Å². The second-order valence-corrected chi connectivity index (χ2v) is 4.24. The number of rotatable bonds is 5.